The molecule has 0 spiro atoms. The number of nitrogens with zero attached hydrogens (tertiary/aromatic N) is 1. The average molecular weight is 531 g/mol. The third kappa shape index (κ3) is 5.15. The number of halogens is 1. The Balaban J connectivity index is 1.62. The fourth-order valence-electron chi connectivity index (χ4n) is 3.64. The molecule has 4 rings (SSSR count). The number of hydrogen-bond donors (Lipinski definition) is 1. The highest BCUT2D eigenvalue weighted by Crippen LogP contribution is 2.36. The largest absolute Gasteiger partial charge is 0.495 e. The van der Waals surface area contributed by atoms with Crippen LogP contribution in [0.5, 0.6) is 5.75 Å². The molecule has 1 heterocycles. The van der Waals surface area contributed by atoms with E-state index < -0.39 is 21.9 Å². The van der Waals surface area contributed by atoms with Crippen molar-refractivity contribution < 1.29 is 32.2 Å². The first-order chi connectivity index (χ1) is 17.2. The number of fused-ring (bicyclic) bond motifs is 1. The number of nitrogens with one attached hydrogen (secondary N) is 1. The molecule has 0 aromatic heterocycles. The zero-order chi connectivity index (χ0) is 25.9. The van der Waals surface area contributed by atoms with Crippen LogP contribution in [0.1, 0.15) is 33.2 Å². The van der Waals surface area contributed by atoms with Crippen molar-refractivity contribution in [3.63, 3.8) is 0 Å². The smallest absolute Gasteiger partial charge is 0.338 e. The minimum absolute atomic E-state index is 0.120. The molecule has 1 aliphatic heterocycles. The number of rotatable bonds is 7. The molecule has 1 N–H and O–H groups in total. The third-order valence-electron chi connectivity index (χ3n) is 5.43. The van der Waals surface area contributed by atoms with Gasteiger partial charge in [0.25, 0.3) is 15.9 Å². The lowest BCUT2D eigenvalue weighted by Gasteiger charge is -2.31. The van der Waals surface area contributed by atoms with Crippen LogP contribution in [-0.2, 0) is 26.1 Å². The highest BCUT2D eigenvalue weighted by atomic mass is 35.5. The second kappa shape index (κ2) is 10.6. The predicted octanol–water partition coefficient (Wildman–Crippen LogP) is 4.46. The number of sulfonamides is 1. The molecule has 1 aliphatic rings. The van der Waals surface area contributed by atoms with Crippen molar-refractivity contribution in [3.8, 4) is 5.75 Å². The van der Waals surface area contributed by atoms with Crippen molar-refractivity contribution in [2.45, 2.75) is 18.4 Å². The minimum atomic E-state index is -4.14. The molecule has 0 unspecified atom stereocenters. The SMILES string of the molecule is CCOC(=O)c1ccc(NC(=O)c2ccc3c(c2)N(S(=O)(=O)c2cc(Cl)ccc2OC)COC3)cc1. The molecule has 0 saturated carbocycles. The second-order valence-electron chi connectivity index (χ2n) is 7.72. The number of anilines is 2. The Morgan fingerprint density at radius 1 is 1.06 bits per heavy atom. The van der Waals surface area contributed by atoms with Gasteiger partial charge in [-0.25, -0.2) is 17.5 Å². The van der Waals surface area contributed by atoms with Crippen molar-refractivity contribution in [2.75, 3.05) is 30.1 Å². The molecule has 0 radical (unpaired) electrons. The molecule has 9 nitrogen and oxygen atoms in total. The number of carbonyl (C=O) groups excluding carboxylic acids is 2. The van der Waals surface area contributed by atoms with Gasteiger partial charge in [-0.1, -0.05) is 17.7 Å². The van der Waals surface area contributed by atoms with Gasteiger partial charge in [-0.05, 0) is 61.5 Å². The molecule has 3 aromatic carbocycles. The van der Waals surface area contributed by atoms with Gasteiger partial charge in [0.15, 0.2) is 0 Å². The molecule has 0 aliphatic carbocycles. The summed E-state index contributed by atoms with van der Waals surface area (Å²) in [6.45, 7) is 1.92. The highest BCUT2D eigenvalue weighted by Gasteiger charge is 2.33. The van der Waals surface area contributed by atoms with Gasteiger partial charge in [-0.15, -0.1) is 0 Å². The number of esters is 1. The standard InChI is InChI=1S/C25H23ClN2O7S/c1-3-35-25(30)16-6-9-20(10-7-16)27-24(29)17-4-5-18-14-34-15-28(21(18)12-17)36(31,32)23-13-19(26)8-11-22(23)33-2/h4-13H,3,14-15H2,1-2H3,(H,27,29). The number of ether oxygens (including phenoxy) is 3. The molecule has 11 heteroatoms. The minimum Gasteiger partial charge on any atom is -0.495 e. The summed E-state index contributed by atoms with van der Waals surface area (Å²) in [5, 5.41) is 2.98. The van der Waals surface area contributed by atoms with E-state index in [1.807, 2.05) is 0 Å². The topological polar surface area (TPSA) is 111 Å². The van der Waals surface area contributed by atoms with Gasteiger partial charge in [-0.2, -0.15) is 0 Å². The Bertz CT molecular complexity index is 1410. The molecule has 3 aromatic rings. The van der Waals surface area contributed by atoms with Crippen LogP contribution in [0.25, 0.3) is 0 Å². The van der Waals surface area contributed by atoms with Crippen molar-refractivity contribution in [3.05, 3.63) is 82.4 Å². The molecule has 0 atom stereocenters. The van der Waals surface area contributed by atoms with Gasteiger partial charge in [-0.3, -0.25) is 4.79 Å². The summed E-state index contributed by atoms with van der Waals surface area (Å²) >= 11 is 6.06. The number of amides is 1. The molecule has 0 saturated heterocycles. The fourth-order valence-corrected chi connectivity index (χ4v) is 5.44. The molecule has 0 bridgehead atoms. The van der Waals surface area contributed by atoms with Crippen LogP contribution in [0, 0.1) is 0 Å². The summed E-state index contributed by atoms with van der Waals surface area (Å²) in [6, 6.07) is 15.3. The van der Waals surface area contributed by atoms with E-state index in [-0.39, 0.29) is 41.2 Å². The van der Waals surface area contributed by atoms with Gasteiger partial charge in [0, 0.05) is 21.8 Å². The normalized spacial score (nSPS) is 13.0. The van der Waals surface area contributed by atoms with Crippen molar-refractivity contribution in [2.24, 2.45) is 0 Å². The first-order valence-corrected chi connectivity index (χ1v) is 12.7. The first-order valence-electron chi connectivity index (χ1n) is 10.9. The van der Waals surface area contributed by atoms with Gasteiger partial charge in [0.1, 0.15) is 17.4 Å². The Labute approximate surface area is 213 Å². The maximum Gasteiger partial charge on any atom is 0.338 e. The van der Waals surface area contributed by atoms with E-state index in [1.54, 1.807) is 43.3 Å². The Kier molecular flexibility index (Phi) is 7.48. The number of carbonyl (C=O) groups is 2. The lowest BCUT2D eigenvalue weighted by Crippen LogP contribution is -2.37. The Morgan fingerprint density at radius 2 is 1.78 bits per heavy atom. The van der Waals surface area contributed by atoms with Crippen LogP contribution in [0.2, 0.25) is 5.02 Å². The van der Waals surface area contributed by atoms with E-state index in [4.69, 9.17) is 25.8 Å². The zero-order valence-electron chi connectivity index (χ0n) is 19.5. The number of hydrogen-bond acceptors (Lipinski definition) is 7. The average Bonchev–Trinajstić information content (AvgIpc) is 2.88. The lowest BCUT2D eigenvalue weighted by molar-refractivity contribution is 0.0526. The molecule has 0 fully saturated rings. The quantitative estimate of drug-likeness (QED) is 0.449. The summed E-state index contributed by atoms with van der Waals surface area (Å²) < 4.78 is 43.9. The van der Waals surface area contributed by atoms with Crippen molar-refractivity contribution in [1.29, 1.82) is 0 Å². The molecule has 188 valence electrons. The maximum absolute atomic E-state index is 13.6. The highest BCUT2D eigenvalue weighted by molar-refractivity contribution is 7.93. The van der Waals surface area contributed by atoms with Crippen LogP contribution in [0.4, 0.5) is 11.4 Å². The van der Waals surface area contributed by atoms with Gasteiger partial charge in [0.2, 0.25) is 0 Å². The zero-order valence-corrected chi connectivity index (χ0v) is 21.1. The monoisotopic (exact) mass is 530 g/mol. The fraction of sp³-hybridized carbons (Fsp3) is 0.200. The van der Waals surface area contributed by atoms with E-state index >= 15 is 0 Å². The van der Waals surface area contributed by atoms with E-state index in [0.717, 1.165) is 4.31 Å². The number of benzene rings is 3. The van der Waals surface area contributed by atoms with Crippen molar-refractivity contribution in [1.82, 2.24) is 0 Å². The molecular formula is C25H23ClN2O7S. The van der Waals surface area contributed by atoms with E-state index in [1.165, 1.54) is 31.4 Å². The molecular weight excluding hydrogens is 508 g/mol. The predicted molar refractivity (Wildman–Crippen MR) is 134 cm³/mol. The Hall–Kier alpha value is -3.60. The van der Waals surface area contributed by atoms with Crippen molar-refractivity contribution >= 4 is 44.9 Å². The van der Waals surface area contributed by atoms with E-state index in [2.05, 4.69) is 5.32 Å². The summed E-state index contributed by atoms with van der Waals surface area (Å²) in [6.07, 6.45) is 0. The Morgan fingerprint density at radius 3 is 2.47 bits per heavy atom. The van der Waals surface area contributed by atoms with Gasteiger partial charge >= 0.3 is 5.97 Å². The second-order valence-corrected chi connectivity index (χ2v) is 9.99. The van der Waals surface area contributed by atoms with Gasteiger partial charge in [0.05, 0.1) is 31.6 Å². The maximum atomic E-state index is 13.6. The molecule has 1 amide bonds. The summed E-state index contributed by atoms with van der Waals surface area (Å²) in [5.74, 6) is -0.775. The third-order valence-corrected chi connectivity index (χ3v) is 7.42. The van der Waals surface area contributed by atoms with Gasteiger partial charge < -0.3 is 19.5 Å². The molecule has 36 heavy (non-hydrogen) atoms. The van der Waals surface area contributed by atoms with Crippen LogP contribution in [0.3, 0.4) is 0 Å². The lowest BCUT2D eigenvalue weighted by atomic mass is 10.1. The van der Waals surface area contributed by atoms with Crippen LogP contribution in [-0.4, -0.2) is 40.7 Å². The van der Waals surface area contributed by atoms with E-state index in [0.29, 0.717) is 22.5 Å². The number of methoxy groups -OCH3 is 1. The summed E-state index contributed by atoms with van der Waals surface area (Å²) in [5.41, 5.74) is 1.97. The summed E-state index contributed by atoms with van der Waals surface area (Å²) in [7, 11) is -2.77. The summed E-state index contributed by atoms with van der Waals surface area (Å²) in [4.78, 5) is 24.7. The van der Waals surface area contributed by atoms with Crippen LogP contribution in [0.15, 0.2) is 65.6 Å². The van der Waals surface area contributed by atoms with Crippen LogP contribution >= 0.6 is 11.6 Å². The van der Waals surface area contributed by atoms with E-state index in [9.17, 15) is 18.0 Å². The first kappa shape index (κ1) is 25.5. The van der Waals surface area contributed by atoms with Crippen LogP contribution < -0.4 is 14.4 Å².